The standard InChI is InChI=1S/C50H36N4O2/c1-2-56-50(55)36-24-23-35-47(36)49-46(34-21-13-6-14-22-34)42-30-28-40(53-42)44(32-17-9-4-10-18-32)38-26-25-37(51-38)43(31-15-7-3-8-16-31)39-27-29-41(52-39)45(48(35)54-49)33-19-11-5-12-20-33/h3-23,25-30,52-53H,2,24H2,1H3. The predicted molar refractivity (Wildman–Crippen MR) is 228 cm³/mol. The number of H-pyrrole nitrogens is 2. The van der Waals surface area contributed by atoms with Gasteiger partial charge < -0.3 is 14.7 Å². The lowest BCUT2D eigenvalue weighted by atomic mass is 9.94. The number of aromatic nitrogens is 4. The molecule has 0 amide bonds. The number of hydrogen-bond donors (Lipinski definition) is 2. The lowest BCUT2D eigenvalue weighted by Gasteiger charge is -2.10. The molecule has 6 heteroatoms. The van der Waals surface area contributed by atoms with Gasteiger partial charge in [0.05, 0.1) is 35.0 Å². The molecule has 4 aromatic carbocycles. The first-order valence-corrected chi connectivity index (χ1v) is 19.0. The number of ether oxygens (including phenoxy) is 1. The number of carbonyl (C=O) groups excluding carboxylic acids is 1. The summed E-state index contributed by atoms with van der Waals surface area (Å²) < 4.78 is 5.69. The van der Waals surface area contributed by atoms with E-state index in [9.17, 15) is 4.79 Å². The third-order valence-electron chi connectivity index (χ3n) is 10.6. The van der Waals surface area contributed by atoms with Crippen molar-refractivity contribution in [2.24, 2.45) is 0 Å². The molecule has 1 aliphatic carbocycles. The number of nitrogens with one attached hydrogen (secondary N) is 2. The second kappa shape index (κ2) is 13.8. The van der Waals surface area contributed by atoms with Gasteiger partial charge in [0.1, 0.15) is 0 Å². The van der Waals surface area contributed by atoms with E-state index in [-0.39, 0.29) is 12.6 Å². The van der Waals surface area contributed by atoms with E-state index in [0.717, 1.165) is 100 Å². The molecule has 268 valence electrons. The fourth-order valence-corrected chi connectivity index (χ4v) is 8.22. The van der Waals surface area contributed by atoms with E-state index in [1.54, 1.807) is 0 Å². The van der Waals surface area contributed by atoms with Crippen molar-refractivity contribution in [1.82, 2.24) is 19.9 Å². The highest BCUT2D eigenvalue weighted by molar-refractivity contribution is 6.21. The first-order chi connectivity index (χ1) is 27.7. The smallest absolute Gasteiger partial charge is 0.335 e. The molecule has 8 bridgehead atoms. The highest BCUT2D eigenvalue weighted by atomic mass is 16.5. The summed E-state index contributed by atoms with van der Waals surface area (Å²) in [5, 5.41) is 0. The summed E-state index contributed by atoms with van der Waals surface area (Å²) in [6, 6.07) is 50.0. The van der Waals surface area contributed by atoms with Gasteiger partial charge in [0, 0.05) is 55.5 Å². The minimum absolute atomic E-state index is 0.283. The number of rotatable bonds is 6. The summed E-state index contributed by atoms with van der Waals surface area (Å²) in [4.78, 5) is 32.4. The Morgan fingerprint density at radius 3 is 1.39 bits per heavy atom. The van der Waals surface area contributed by atoms with Crippen molar-refractivity contribution < 1.29 is 9.53 Å². The fraction of sp³-hybridized carbons (Fsp3) is 0.0600. The molecule has 0 radical (unpaired) electrons. The number of carbonyl (C=O) groups is 1. The number of aromatic amines is 2. The van der Waals surface area contributed by atoms with E-state index < -0.39 is 0 Å². The van der Waals surface area contributed by atoms with Crippen LogP contribution in [0.15, 0.2) is 157 Å². The second-order valence-corrected chi connectivity index (χ2v) is 14.0. The van der Waals surface area contributed by atoms with Gasteiger partial charge in [-0.3, -0.25) is 0 Å². The maximum Gasteiger partial charge on any atom is 0.335 e. The van der Waals surface area contributed by atoms with Crippen molar-refractivity contribution in [3.63, 3.8) is 0 Å². The highest BCUT2D eigenvalue weighted by Crippen LogP contribution is 2.50. The van der Waals surface area contributed by atoms with Crippen molar-refractivity contribution >= 4 is 51.3 Å². The second-order valence-electron chi connectivity index (χ2n) is 14.0. The monoisotopic (exact) mass is 724 g/mol. The number of hydrogen-bond acceptors (Lipinski definition) is 4. The van der Waals surface area contributed by atoms with E-state index in [1.165, 1.54) is 0 Å². The number of nitrogens with zero attached hydrogens (tertiary/aromatic N) is 2. The van der Waals surface area contributed by atoms with Gasteiger partial charge in [-0.2, -0.15) is 0 Å². The van der Waals surface area contributed by atoms with Crippen LogP contribution in [0.25, 0.3) is 89.9 Å². The predicted octanol–water partition coefficient (Wildman–Crippen LogP) is 12.0. The van der Waals surface area contributed by atoms with Crippen LogP contribution in [-0.4, -0.2) is 32.5 Å². The Labute approximate surface area is 324 Å². The first kappa shape index (κ1) is 33.3. The third kappa shape index (κ3) is 5.62. The Hall–Kier alpha value is -7.31. The summed E-state index contributed by atoms with van der Waals surface area (Å²) in [7, 11) is 0. The Morgan fingerprint density at radius 1 is 0.536 bits per heavy atom. The van der Waals surface area contributed by atoms with Gasteiger partial charge in [-0.1, -0.05) is 127 Å². The van der Waals surface area contributed by atoms with Crippen LogP contribution in [0.3, 0.4) is 0 Å². The van der Waals surface area contributed by atoms with Crippen LogP contribution in [-0.2, 0) is 9.53 Å². The third-order valence-corrected chi connectivity index (χ3v) is 10.6. The molecule has 7 aromatic rings. The number of fused-ring (bicyclic) bond motifs is 11. The molecule has 0 atom stereocenters. The van der Waals surface area contributed by atoms with Crippen molar-refractivity contribution in [2.45, 2.75) is 13.3 Å². The summed E-state index contributed by atoms with van der Waals surface area (Å²) in [5.74, 6) is -0.323. The maximum atomic E-state index is 13.8. The minimum atomic E-state index is -0.323. The van der Waals surface area contributed by atoms with Crippen LogP contribution in [0.4, 0.5) is 0 Å². The van der Waals surface area contributed by atoms with Gasteiger partial charge in [-0.15, -0.1) is 0 Å². The summed E-state index contributed by atoms with van der Waals surface area (Å²) in [6.07, 6.45) is 6.81. The van der Waals surface area contributed by atoms with Gasteiger partial charge in [0.15, 0.2) is 0 Å². The number of allylic oxidation sites excluding steroid dienone is 3. The zero-order valence-electron chi connectivity index (χ0n) is 30.7. The van der Waals surface area contributed by atoms with Crippen LogP contribution in [0, 0.1) is 0 Å². The Morgan fingerprint density at radius 2 is 0.946 bits per heavy atom. The van der Waals surface area contributed by atoms with Crippen LogP contribution in [0.5, 0.6) is 0 Å². The Kier molecular flexibility index (Phi) is 8.22. The molecule has 5 heterocycles. The van der Waals surface area contributed by atoms with Crippen molar-refractivity contribution in [3.8, 4) is 44.5 Å². The van der Waals surface area contributed by atoms with Gasteiger partial charge >= 0.3 is 5.97 Å². The SMILES string of the molecule is CCOC(=O)C1=C2C(=CC1)c1nc2c(-c2ccccc2)c2ccc([nH]2)c(-c2ccccc2)c2nc(c(-c3ccccc3)c3ccc([nH]3)c1-c1ccccc1)C=C2. The number of esters is 1. The molecule has 3 aromatic heterocycles. The van der Waals surface area contributed by atoms with Crippen molar-refractivity contribution in [1.29, 1.82) is 0 Å². The van der Waals surface area contributed by atoms with Gasteiger partial charge in [-0.05, 0) is 72.0 Å². The van der Waals surface area contributed by atoms with Crippen LogP contribution in [0.2, 0.25) is 0 Å². The highest BCUT2D eigenvalue weighted by Gasteiger charge is 2.35. The molecule has 0 unspecified atom stereocenters. The van der Waals surface area contributed by atoms with Crippen molar-refractivity contribution in [2.75, 3.05) is 6.61 Å². The molecule has 0 spiro atoms. The fourth-order valence-electron chi connectivity index (χ4n) is 8.22. The molecule has 6 nitrogen and oxygen atoms in total. The van der Waals surface area contributed by atoms with Crippen LogP contribution in [0.1, 0.15) is 36.1 Å². The Balaban J connectivity index is 1.44. The Bertz CT molecular complexity index is 2940. The molecule has 0 saturated carbocycles. The molecule has 3 aliphatic rings. The molecule has 56 heavy (non-hydrogen) atoms. The summed E-state index contributed by atoms with van der Waals surface area (Å²) in [5.41, 5.74) is 17.1. The largest absolute Gasteiger partial charge is 0.463 e. The average molecular weight is 725 g/mol. The summed E-state index contributed by atoms with van der Waals surface area (Å²) >= 11 is 0. The van der Waals surface area contributed by atoms with Crippen molar-refractivity contribution in [3.05, 3.63) is 180 Å². The van der Waals surface area contributed by atoms with Gasteiger partial charge in [0.2, 0.25) is 0 Å². The zero-order chi connectivity index (χ0) is 37.6. The van der Waals surface area contributed by atoms with E-state index in [0.29, 0.717) is 12.0 Å². The van der Waals surface area contributed by atoms with Gasteiger partial charge in [-0.25, -0.2) is 14.8 Å². The van der Waals surface area contributed by atoms with Crippen LogP contribution < -0.4 is 0 Å². The minimum Gasteiger partial charge on any atom is -0.463 e. The molecule has 0 saturated heterocycles. The molecule has 2 N–H and O–H groups in total. The quantitative estimate of drug-likeness (QED) is 0.167. The molecule has 0 fully saturated rings. The van der Waals surface area contributed by atoms with E-state index >= 15 is 0 Å². The van der Waals surface area contributed by atoms with E-state index in [2.05, 4.69) is 137 Å². The number of benzene rings is 4. The topological polar surface area (TPSA) is 83.7 Å². The normalized spacial score (nSPS) is 13.1. The zero-order valence-corrected chi connectivity index (χ0v) is 30.7. The molecular weight excluding hydrogens is 689 g/mol. The molecular formula is C50H36N4O2. The lowest BCUT2D eigenvalue weighted by molar-refractivity contribution is -0.138. The lowest BCUT2D eigenvalue weighted by Crippen LogP contribution is -2.07. The maximum absolute atomic E-state index is 13.8. The molecule has 2 aliphatic heterocycles. The first-order valence-electron chi connectivity index (χ1n) is 19.0. The van der Waals surface area contributed by atoms with E-state index in [4.69, 9.17) is 14.7 Å². The average Bonchev–Trinajstić information content (AvgIpc) is 4.10. The van der Waals surface area contributed by atoms with E-state index in [1.807, 2.05) is 43.3 Å². The van der Waals surface area contributed by atoms with Crippen LogP contribution >= 0.6 is 0 Å². The molecule has 10 rings (SSSR count). The summed E-state index contributed by atoms with van der Waals surface area (Å²) in [6.45, 7) is 2.13. The van der Waals surface area contributed by atoms with Gasteiger partial charge in [0.25, 0.3) is 0 Å².